The summed E-state index contributed by atoms with van der Waals surface area (Å²) in [7, 11) is 0. The summed E-state index contributed by atoms with van der Waals surface area (Å²) >= 11 is 2.87. The molecule has 3 N–H and O–H groups in total. The zero-order valence-corrected chi connectivity index (χ0v) is 17.6. The van der Waals surface area contributed by atoms with Crippen LogP contribution in [0.25, 0.3) is 0 Å². The van der Waals surface area contributed by atoms with Gasteiger partial charge in [0.1, 0.15) is 10.6 Å². The second-order valence-corrected chi connectivity index (χ2v) is 8.73. The molecule has 0 radical (unpaired) electrons. The molecule has 0 unspecified atom stereocenters. The molecular formula is C21H20N2O4S2. The number of benzene rings is 1. The zero-order chi connectivity index (χ0) is 20.5. The Hall–Kier alpha value is -2.71. The van der Waals surface area contributed by atoms with Crippen LogP contribution in [0, 0.1) is 0 Å². The molecule has 0 fully saturated rings. The van der Waals surface area contributed by atoms with E-state index in [-0.39, 0.29) is 24.2 Å². The number of esters is 2. The van der Waals surface area contributed by atoms with Crippen molar-refractivity contribution in [3.63, 3.8) is 0 Å². The van der Waals surface area contributed by atoms with Gasteiger partial charge in [-0.25, -0.2) is 9.59 Å². The van der Waals surface area contributed by atoms with E-state index in [1.54, 1.807) is 13.8 Å². The van der Waals surface area contributed by atoms with Crippen molar-refractivity contribution in [3.8, 4) is 0 Å². The molecule has 4 rings (SSSR count). The number of carbonyl (C=O) groups is 2. The third-order valence-corrected chi connectivity index (χ3v) is 7.02. The van der Waals surface area contributed by atoms with Crippen molar-refractivity contribution in [3.05, 3.63) is 63.7 Å². The fourth-order valence-corrected chi connectivity index (χ4v) is 5.93. The van der Waals surface area contributed by atoms with Crippen LogP contribution in [0.3, 0.4) is 0 Å². The molecule has 0 amide bonds. The van der Waals surface area contributed by atoms with Crippen molar-refractivity contribution in [1.29, 1.82) is 0 Å². The molecule has 1 atom stereocenters. The summed E-state index contributed by atoms with van der Waals surface area (Å²) in [5.41, 5.74) is 9.93. The van der Waals surface area contributed by atoms with Crippen LogP contribution in [0.2, 0.25) is 0 Å². The summed E-state index contributed by atoms with van der Waals surface area (Å²) in [5.74, 6) is -0.994. The average molecular weight is 429 g/mol. The highest BCUT2D eigenvalue weighted by Crippen LogP contribution is 2.54. The molecule has 0 saturated carbocycles. The number of hydrogen-bond acceptors (Lipinski definition) is 7. The summed E-state index contributed by atoms with van der Waals surface area (Å²) in [4.78, 5) is 28.3. The molecule has 0 aliphatic carbocycles. The number of hydrogen-bond donors (Lipinski definition) is 2. The first-order chi connectivity index (χ1) is 14.0. The van der Waals surface area contributed by atoms with E-state index in [1.807, 2.05) is 36.4 Å². The van der Waals surface area contributed by atoms with E-state index < -0.39 is 5.97 Å². The molecule has 150 valence electrons. The maximum atomic E-state index is 12.4. The largest absolute Gasteiger partial charge is 0.462 e. The van der Waals surface area contributed by atoms with Gasteiger partial charge in [0.05, 0.1) is 28.1 Å². The number of anilines is 1. The lowest BCUT2D eigenvalue weighted by molar-refractivity contribution is 0.0515. The highest BCUT2D eigenvalue weighted by atomic mass is 32.2. The number of aromatic amines is 1. The Kier molecular flexibility index (Phi) is 5.38. The van der Waals surface area contributed by atoms with E-state index in [0.717, 1.165) is 25.9 Å². The second kappa shape index (κ2) is 7.96. The van der Waals surface area contributed by atoms with E-state index in [9.17, 15) is 9.59 Å². The first-order valence-corrected chi connectivity index (χ1v) is 10.9. The van der Waals surface area contributed by atoms with Gasteiger partial charge in [-0.3, -0.25) is 0 Å². The van der Waals surface area contributed by atoms with Crippen molar-refractivity contribution in [2.75, 3.05) is 18.9 Å². The molecule has 1 aliphatic rings. The molecule has 3 heterocycles. The lowest BCUT2D eigenvalue weighted by Gasteiger charge is -2.23. The number of nitrogen functional groups attached to an aromatic ring is 1. The van der Waals surface area contributed by atoms with Crippen LogP contribution < -0.4 is 5.73 Å². The van der Waals surface area contributed by atoms with Gasteiger partial charge in [0.25, 0.3) is 0 Å². The number of fused-ring (bicyclic) bond motifs is 2. The minimum absolute atomic E-state index is 0.193. The molecular weight excluding hydrogens is 408 g/mol. The molecule has 0 spiro atoms. The van der Waals surface area contributed by atoms with Crippen LogP contribution in [0.4, 0.5) is 5.69 Å². The Morgan fingerprint density at radius 3 is 2.48 bits per heavy atom. The molecule has 6 nitrogen and oxygen atoms in total. The van der Waals surface area contributed by atoms with Gasteiger partial charge in [-0.15, -0.1) is 11.3 Å². The summed E-state index contributed by atoms with van der Waals surface area (Å²) in [6, 6.07) is 11.8. The van der Waals surface area contributed by atoms with Gasteiger partial charge >= 0.3 is 11.9 Å². The van der Waals surface area contributed by atoms with Crippen LogP contribution in [-0.2, 0) is 9.47 Å². The average Bonchev–Trinajstić information content (AvgIpc) is 3.29. The van der Waals surface area contributed by atoms with Gasteiger partial charge in [-0.2, -0.15) is 0 Å². The van der Waals surface area contributed by atoms with E-state index >= 15 is 0 Å². The van der Waals surface area contributed by atoms with Crippen molar-refractivity contribution < 1.29 is 19.1 Å². The first-order valence-electron chi connectivity index (χ1n) is 9.27. The van der Waals surface area contributed by atoms with Crippen LogP contribution in [-0.4, -0.2) is 30.1 Å². The third kappa shape index (κ3) is 3.42. The minimum Gasteiger partial charge on any atom is -0.462 e. The molecule has 2 aromatic heterocycles. The number of thiophene rings is 1. The number of aromatic nitrogens is 1. The lowest BCUT2D eigenvalue weighted by Crippen LogP contribution is -2.11. The maximum Gasteiger partial charge on any atom is 0.356 e. The smallest absolute Gasteiger partial charge is 0.356 e. The van der Waals surface area contributed by atoms with Crippen LogP contribution in [0.1, 0.15) is 56.6 Å². The highest BCUT2D eigenvalue weighted by molar-refractivity contribution is 8.01. The Labute approximate surface area is 176 Å². The van der Waals surface area contributed by atoms with Gasteiger partial charge < -0.3 is 20.2 Å². The quantitative estimate of drug-likeness (QED) is 0.449. The van der Waals surface area contributed by atoms with E-state index in [1.165, 1.54) is 23.1 Å². The molecule has 1 aromatic carbocycles. The highest BCUT2D eigenvalue weighted by Gasteiger charge is 2.36. The van der Waals surface area contributed by atoms with Crippen LogP contribution >= 0.6 is 23.1 Å². The molecule has 29 heavy (non-hydrogen) atoms. The Balaban J connectivity index is 1.86. The Morgan fingerprint density at radius 1 is 1.10 bits per heavy atom. The Bertz CT molecular complexity index is 1070. The summed E-state index contributed by atoms with van der Waals surface area (Å²) in [6.07, 6.45) is 0. The normalized spacial score (nSPS) is 14.8. The summed E-state index contributed by atoms with van der Waals surface area (Å²) < 4.78 is 11.3. The number of nitrogens with two attached hydrogens (primary N) is 1. The number of nitrogens with one attached hydrogen (secondary N) is 1. The first kappa shape index (κ1) is 19.6. The van der Waals surface area contributed by atoms with E-state index in [4.69, 9.17) is 15.2 Å². The monoisotopic (exact) mass is 428 g/mol. The predicted octanol–water partition coefficient (Wildman–Crippen LogP) is 4.66. The number of carbonyl (C=O) groups excluding carboxylic acids is 2. The van der Waals surface area contributed by atoms with Gasteiger partial charge in [-0.05, 0) is 31.0 Å². The topological polar surface area (TPSA) is 94.4 Å². The standard InChI is InChI=1S/C21H20N2O4S2/c1-3-26-19(24)13-10-12-14(11-8-6-5-7-9-11)15-16(22)17(20(25)27-4-2)23-18(15)29-21(12)28-13/h5-10,14,23H,3-4,22H2,1-2H3/t14-/m0/s1. The van der Waals surface area contributed by atoms with Crippen LogP contribution in [0.15, 0.2) is 45.6 Å². The van der Waals surface area contributed by atoms with Gasteiger partial charge in [-0.1, -0.05) is 42.1 Å². The molecule has 8 heteroatoms. The minimum atomic E-state index is -0.470. The van der Waals surface area contributed by atoms with Crippen molar-refractivity contribution in [2.45, 2.75) is 29.0 Å². The van der Waals surface area contributed by atoms with Crippen molar-refractivity contribution >= 4 is 40.7 Å². The number of H-pyrrole nitrogens is 1. The summed E-state index contributed by atoms with van der Waals surface area (Å²) in [5, 5.41) is 0.796. The van der Waals surface area contributed by atoms with E-state index in [2.05, 4.69) is 4.98 Å². The molecule has 1 aliphatic heterocycles. The second-order valence-electron chi connectivity index (χ2n) is 6.40. The van der Waals surface area contributed by atoms with Crippen molar-refractivity contribution in [2.24, 2.45) is 0 Å². The van der Waals surface area contributed by atoms with Gasteiger partial charge in [0.2, 0.25) is 0 Å². The zero-order valence-electron chi connectivity index (χ0n) is 16.0. The van der Waals surface area contributed by atoms with Gasteiger partial charge in [0, 0.05) is 11.5 Å². The maximum absolute atomic E-state index is 12.4. The third-order valence-electron chi connectivity index (χ3n) is 4.65. The van der Waals surface area contributed by atoms with E-state index in [0.29, 0.717) is 17.2 Å². The SMILES string of the molecule is CCOC(=O)c1cc2c(s1)Sc1[nH]c(C(=O)OCC)c(N)c1[C@H]2c1ccccc1. The van der Waals surface area contributed by atoms with Crippen molar-refractivity contribution in [1.82, 2.24) is 4.98 Å². The lowest BCUT2D eigenvalue weighted by atomic mass is 9.86. The molecule has 0 bridgehead atoms. The van der Waals surface area contributed by atoms with Crippen LogP contribution in [0.5, 0.6) is 0 Å². The Morgan fingerprint density at radius 2 is 1.79 bits per heavy atom. The molecule has 0 saturated heterocycles. The number of ether oxygens (including phenoxy) is 2. The molecule has 3 aromatic rings. The van der Waals surface area contributed by atoms with Gasteiger partial charge in [0.15, 0.2) is 0 Å². The fourth-order valence-electron chi connectivity index (χ4n) is 3.45. The summed E-state index contributed by atoms with van der Waals surface area (Å²) in [6.45, 7) is 4.14. The predicted molar refractivity (Wildman–Crippen MR) is 113 cm³/mol. The number of rotatable bonds is 5. The fraction of sp³-hybridized carbons (Fsp3) is 0.238.